The molecule has 152 valence electrons. The summed E-state index contributed by atoms with van der Waals surface area (Å²) in [5, 5.41) is 10.5. The van der Waals surface area contributed by atoms with Gasteiger partial charge in [-0.05, 0) is 24.3 Å². The standard InChI is InChI=1S/C19H12F5NO3S/c20-13-3-1-2-10(17(13)21)8-28-15-5-4-12(19(22,23)24)6-11(15)7-16-25-14(9-29-16)18(26)27/h1-6,9H,7-8H2,(H,26,27). The Morgan fingerprint density at radius 3 is 2.55 bits per heavy atom. The molecule has 0 saturated heterocycles. The Morgan fingerprint density at radius 2 is 1.90 bits per heavy atom. The topological polar surface area (TPSA) is 59.4 Å². The van der Waals surface area contributed by atoms with E-state index in [0.717, 1.165) is 35.6 Å². The zero-order chi connectivity index (χ0) is 21.2. The number of hydrogen-bond acceptors (Lipinski definition) is 4. The number of rotatable bonds is 6. The quantitative estimate of drug-likeness (QED) is 0.540. The number of hydrogen-bond donors (Lipinski definition) is 1. The van der Waals surface area contributed by atoms with Crippen LogP contribution in [0.25, 0.3) is 0 Å². The zero-order valence-electron chi connectivity index (χ0n) is 14.5. The molecule has 0 unspecified atom stereocenters. The molecule has 0 aliphatic carbocycles. The second kappa shape index (κ2) is 8.16. The molecule has 29 heavy (non-hydrogen) atoms. The van der Waals surface area contributed by atoms with Crippen molar-refractivity contribution in [3.05, 3.63) is 80.8 Å². The van der Waals surface area contributed by atoms with Gasteiger partial charge in [-0.15, -0.1) is 11.3 Å². The maximum absolute atomic E-state index is 13.8. The molecular weight excluding hydrogens is 417 g/mol. The maximum atomic E-state index is 13.8. The maximum Gasteiger partial charge on any atom is 0.416 e. The highest BCUT2D eigenvalue weighted by Gasteiger charge is 2.31. The van der Waals surface area contributed by atoms with Crippen LogP contribution >= 0.6 is 11.3 Å². The molecule has 0 bridgehead atoms. The third kappa shape index (κ3) is 4.89. The minimum absolute atomic E-state index is 0.0220. The number of aromatic nitrogens is 1. The molecule has 0 radical (unpaired) electrons. The number of halogens is 5. The number of ether oxygens (including phenoxy) is 1. The number of benzene rings is 2. The molecule has 1 heterocycles. The van der Waals surface area contributed by atoms with Crippen LogP contribution in [0, 0.1) is 11.6 Å². The first-order chi connectivity index (χ1) is 13.6. The number of carbonyl (C=O) groups is 1. The Bertz CT molecular complexity index is 1050. The van der Waals surface area contributed by atoms with Crippen molar-refractivity contribution < 1.29 is 36.6 Å². The molecule has 0 aliphatic heterocycles. The summed E-state index contributed by atoms with van der Waals surface area (Å²) >= 11 is 0.975. The summed E-state index contributed by atoms with van der Waals surface area (Å²) in [6.07, 6.45) is -4.72. The monoisotopic (exact) mass is 429 g/mol. The first-order valence-electron chi connectivity index (χ1n) is 8.08. The van der Waals surface area contributed by atoms with E-state index in [-0.39, 0.29) is 34.0 Å². The minimum atomic E-state index is -4.60. The summed E-state index contributed by atoms with van der Waals surface area (Å²) in [5.74, 6) is -3.40. The number of nitrogens with zero attached hydrogens (tertiary/aromatic N) is 1. The molecule has 10 heteroatoms. The highest BCUT2D eigenvalue weighted by atomic mass is 32.1. The van der Waals surface area contributed by atoms with Crippen molar-refractivity contribution >= 4 is 17.3 Å². The molecule has 1 N–H and O–H groups in total. The van der Waals surface area contributed by atoms with Gasteiger partial charge in [-0.25, -0.2) is 18.6 Å². The van der Waals surface area contributed by atoms with Crippen LogP contribution in [-0.4, -0.2) is 16.1 Å². The van der Waals surface area contributed by atoms with E-state index >= 15 is 0 Å². The molecule has 0 saturated carbocycles. The first kappa shape index (κ1) is 20.7. The van der Waals surface area contributed by atoms with E-state index in [1.54, 1.807) is 0 Å². The lowest BCUT2D eigenvalue weighted by Crippen LogP contribution is -2.08. The normalized spacial score (nSPS) is 11.5. The van der Waals surface area contributed by atoms with Crippen LogP contribution in [0.3, 0.4) is 0 Å². The molecular formula is C19H12F5NO3S. The molecule has 1 aromatic heterocycles. The summed E-state index contributed by atoms with van der Waals surface area (Å²) in [6.45, 7) is -0.403. The van der Waals surface area contributed by atoms with Crippen molar-refractivity contribution in [1.82, 2.24) is 4.98 Å². The van der Waals surface area contributed by atoms with E-state index in [0.29, 0.717) is 0 Å². The average Bonchev–Trinajstić information content (AvgIpc) is 3.12. The molecule has 0 atom stereocenters. The van der Waals surface area contributed by atoms with E-state index in [9.17, 15) is 26.7 Å². The highest BCUT2D eigenvalue weighted by Crippen LogP contribution is 2.34. The largest absolute Gasteiger partial charge is 0.488 e. The molecule has 0 amide bonds. The minimum Gasteiger partial charge on any atom is -0.488 e. The van der Waals surface area contributed by atoms with Crippen molar-refractivity contribution in [3.63, 3.8) is 0 Å². The fourth-order valence-corrected chi connectivity index (χ4v) is 3.29. The Labute approximate surface area is 165 Å². The Morgan fingerprint density at radius 1 is 1.14 bits per heavy atom. The molecule has 3 aromatic rings. The van der Waals surface area contributed by atoms with E-state index < -0.39 is 36.0 Å². The Kier molecular flexibility index (Phi) is 5.83. The fraction of sp³-hybridized carbons (Fsp3) is 0.158. The predicted molar refractivity (Wildman–Crippen MR) is 94.0 cm³/mol. The molecule has 4 nitrogen and oxygen atoms in total. The van der Waals surface area contributed by atoms with Crippen LogP contribution < -0.4 is 4.74 Å². The van der Waals surface area contributed by atoms with Gasteiger partial charge < -0.3 is 9.84 Å². The van der Waals surface area contributed by atoms with Crippen molar-refractivity contribution in [2.75, 3.05) is 0 Å². The van der Waals surface area contributed by atoms with Crippen LogP contribution in [0.15, 0.2) is 41.8 Å². The van der Waals surface area contributed by atoms with Crippen LogP contribution in [-0.2, 0) is 19.2 Å². The van der Waals surface area contributed by atoms with E-state index in [1.165, 1.54) is 17.5 Å². The van der Waals surface area contributed by atoms with Gasteiger partial charge in [0, 0.05) is 22.9 Å². The van der Waals surface area contributed by atoms with Gasteiger partial charge in [0.1, 0.15) is 12.4 Å². The Balaban J connectivity index is 1.90. The van der Waals surface area contributed by atoms with Crippen molar-refractivity contribution in [2.24, 2.45) is 0 Å². The number of carboxylic acid groups (broad SMARTS) is 1. The van der Waals surface area contributed by atoms with Gasteiger partial charge in [0.25, 0.3) is 0 Å². The number of aromatic carboxylic acids is 1. The third-order valence-electron chi connectivity index (χ3n) is 3.92. The van der Waals surface area contributed by atoms with E-state index in [1.807, 2.05) is 0 Å². The smallest absolute Gasteiger partial charge is 0.416 e. The second-order valence-electron chi connectivity index (χ2n) is 5.93. The van der Waals surface area contributed by atoms with E-state index in [2.05, 4.69) is 4.98 Å². The molecule has 0 fully saturated rings. The lowest BCUT2D eigenvalue weighted by Gasteiger charge is -2.14. The Hall–Kier alpha value is -3.01. The van der Waals surface area contributed by atoms with Gasteiger partial charge in [0.2, 0.25) is 0 Å². The summed E-state index contributed by atoms with van der Waals surface area (Å²) in [5.41, 5.74) is -1.16. The van der Waals surface area contributed by atoms with Gasteiger partial charge in [-0.2, -0.15) is 13.2 Å². The van der Waals surface area contributed by atoms with Gasteiger partial charge in [-0.3, -0.25) is 0 Å². The van der Waals surface area contributed by atoms with Crippen molar-refractivity contribution in [1.29, 1.82) is 0 Å². The van der Waals surface area contributed by atoms with Gasteiger partial charge in [-0.1, -0.05) is 12.1 Å². The number of thiazole rings is 1. The average molecular weight is 429 g/mol. The van der Waals surface area contributed by atoms with Gasteiger partial charge in [0.15, 0.2) is 17.3 Å². The van der Waals surface area contributed by atoms with Crippen molar-refractivity contribution in [3.8, 4) is 5.75 Å². The van der Waals surface area contributed by atoms with Crippen LogP contribution in [0.1, 0.15) is 32.2 Å². The molecule has 3 rings (SSSR count). The lowest BCUT2D eigenvalue weighted by atomic mass is 10.1. The van der Waals surface area contributed by atoms with Gasteiger partial charge >= 0.3 is 12.1 Å². The van der Waals surface area contributed by atoms with Gasteiger partial charge in [0.05, 0.1) is 10.6 Å². The van der Waals surface area contributed by atoms with E-state index in [4.69, 9.17) is 9.84 Å². The highest BCUT2D eigenvalue weighted by molar-refractivity contribution is 7.09. The summed E-state index contributed by atoms with van der Waals surface area (Å²) in [7, 11) is 0. The van der Waals surface area contributed by atoms with Crippen LogP contribution in [0.2, 0.25) is 0 Å². The summed E-state index contributed by atoms with van der Waals surface area (Å²) in [6, 6.07) is 6.27. The number of carboxylic acids is 1. The molecule has 0 aliphatic rings. The molecule has 2 aromatic carbocycles. The predicted octanol–water partition coefficient (Wildman–Crippen LogP) is 5.31. The van der Waals surface area contributed by atoms with Crippen LogP contribution in [0.4, 0.5) is 22.0 Å². The van der Waals surface area contributed by atoms with Crippen molar-refractivity contribution in [2.45, 2.75) is 19.2 Å². The summed E-state index contributed by atoms with van der Waals surface area (Å²) < 4.78 is 71.8. The second-order valence-corrected chi connectivity index (χ2v) is 6.87. The fourth-order valence-electron chi connectivity index (χ4n) is 2.50. The SMILES string of the molecule is O=C(O)c1csc(Cc2cc(C(F)(F)F)ccc2OCc2cccc(F)c2F)n1. The number of alkyl halides is 3. The summed E-state index contributed by atoms with van der Waals surface area (Å²) in [4.78, 5) is 14.8. The molecule has 0 spiro atoms. The third-order valence-corrected chi connectivity index (χ3v) is 4.76. The lowest BCUT2D eigenvalue weighted by molar-refractivity contribution is -0.137. The van der Waals surface area contributed by atoms with Crippen LogP contribution in [0.5, 0.6) is 5.75 Å². The first-order valence-corrected chi connectivity index (χ1v) is 8.96. The zero-order valence-corrected chi connectivity index (χ0v) is 15.3.